The van der Waals surface area contributed by atoms with Crippen molar-refractivity contribution in [2.45, 2.75) is 37.5 Å². The molecule has 0 aliphatic rings. The van der Waals surface area contributed by atoms with Gasteiger partial charge in [0.25, 0.3) is 5.22 Å². The van der Waals surface area contributed by atoms with Crippen LogP contribution >= 0.6 is 23.1 Å². The zero-order chi connectivity index (χ0) is 19.4. The Morgan fingerprint density at radius 1 is 1.26 bits per heavy atom. The van der Waals surface area contributed by atoms with Gasteiger partial charge < -0.3 is 9.73 Å². The third-order valence-corrected chi connectivity index (χ3v) is 5.47. The third-order valence-electron chi connectivity index (χ3n) is 3.71. The molecular formula is C19H20FN3O2S2. The Hall–Kier alpha value is -2.19. The topological polar surface area (TPSA) is 68.0 Å². The first-order valence-corrected chi connectivity index (χ1v) is 10.2. The van der Waals surface area contributed by atoms with Crippen LogP contribution in [0.3, 0.4) is 0 Å². The minimum Gasteiger partial charge on any atom is -0.415 e. The maximum atomic E-state index is 13.2. The molecule has 27 heavy (non-hydrogen) atoms. The van der Waals surface area contributed by atoms with Crippen molar-refractivity contribution in [2.24, 2.45) is 0 Å². The molecule has 2 aromatic heterocycles. The quantitative estimate of drug-likeness (QED) is 0.609. The lowest BCUT2D eigenvalue weighted by atomic mass is 9.97. The first-order chi connectivity index (χ1) is 12.8. The lowest BCUT2D eigenvalue weighted by molar-refractivity contribution is -0.119. The first-order valence-electron chi connectivity index (χ1n) is 8.38. The van der Waals surface area contributed by atoms with E-state index in [1.165, 1.54) is 35.2 Å². The molecule has 1 aromatic carbocycles. The molecule has 5 nitrogen and oxygen atoms in total. The SMILES string of the molecule is CC(C)(C)c1nnc(SCC(=O)NC(c2ccc(F)cc2)c2cccs2)o1. The standard InChI is InChI=1S/C19H20FN3O2S2/c1-19(2,3)17-22-23-18(25-17)27-11-15(24)21-16(14-5-4-10-26-14)12-6-8-13(20)9-7-12/h4-10,16H,11H2,1-3H3,(H,21,24). The Morgan fingerprint density at radius 3 is 2.59 bits per heavy atom. The van der Waals surface area contributed by atoms with Crippen molar-refractivity contribution in [2.75, 3.05) is 5.75 Å². The van der Waals surface area contributed by atoms with Crippen LogP contribution in [0.4, 0.5) is 4.39 Å². The number of benzene rings is 1. The summed E-state index contributed by atoms with van der Waals surface area (Å²) in [5, 5.41) is 13.3. The van der Waals surface area contributed by atoms with Crippen LogP contribution in [0.25, 0.3) is 0 Å². The lowest BCUT2D eigenvalue weighted by Gasteiger charge is -2.18. The monoisotopic (exact) mass is 405 g/mol. The highest BCUT2D eigenvalue weighted by molar-refractivity contribution is 7.99. The highest BCUT2D eigenvalue weighted by Crippen LogP contribution is 2.27. The average molecular weight is 406 g/mol. The lowest BCUT2D eigenvalue weighted by Crippen LogP contribution is -2.30. The highest BCUT2D eigenvalue weighted by Gasteiger charge is 2.23. The second-order valence-electron chi connectivity index (χ2n) is 6.98. The van der Waals surface area contributed by atoms with Crippen molar-refractivity contribution in [3.8, 4) is 0 Å². The molecular weight excluding hydrogens is 385 g/mol. The predicted molar refractivity (Wildman–Crippen MR) is 104 cm³/mol. The Bertz CT molecular complexity index is 887. The minimum atomic E-state index is -0.327. The Kier molecular flexibility index (Phi) is 5.96. The maximum absolute atomic E-state index is 13.2. The number of carbonyl (C=O) groups excluding carboxylic acids is 1. The van der Waals surface area contributed by atoms with Gasteiger partial charge in [-0.3, -0.25) is 4.79 Å². The summed E-state index contributed by atoms with van der Waals surface area (Å²) in [4.78, 5) is 13.5. The van der Waals surface area contributed by atoms with E-state index in [0.717, 1.165) is 10.4 Å². The van der Waals surface area contributed by atoms with E-state index in [0.29, 0.717) is 11.1 Å². The highest BCUT2D eigenvalue weighted by atomic mass is 32.2. The predicted octanol–water partition coefficient (Wildman–Crippen LogP) is 4.57. The van der Waals surface area contributed by atoms with E-state index in [9.17, 15) is 9.18 Å². The van der Waals surface area contributed by atoms with Crippen molar-refractivity contribution < 1.29 is 13.6 Å². The molecule has 3 rings (SSSR count). The summed E-state index contributed by atoms with van der Waals surface area (Å²) in [7, 11) is 0. The van der Waals surface area contributed by atoms with E-state index in [-0.39, 0.29) is 28.9 Å². The van der Waals surface area contributed by atoms with Gasteiger partial charge in [0.1, 0.15) is 5.82 Å². The molecule has 0 aliphatic heterocycles. The number of halogens is 1. The summed E-state index contributed by atoms with van der Waals surface area (Å²) >= 11 is 2.73. The van der Waals surface area contributed by atoms with E-state index >= 15 is 0 Å². The summed E-state index contributed by atoms with van der Waals surface area (Å²) < 4.78 is 18.8. The number of nitrogens with one attached hydrogen (secondary N) is 1. The van der Waals surface area contributed by atoms with Crippen LogP contribution in [-0.2, 0) is 10.2 Å². The van der Waals surface area contributed by atoms with Crippen molar-refractivity contribution in [3.63, 3.8) is 0 Å². The zero-order valence-electron chi connectivity index (χ0n) is 15.2. The third kappa shape index (κ3) is 5.17. The summed E-state index contributed by atoms with van der Waals surface area (Å²) in [6.07, 6.45) is 0. The number of amides is 1. The molecule has 0 aliphatic carbocycles. The van der Waals surface area contributed by atoms with E-state index in [1.807, 2.05) is 38.3 Å². The van der Waals surface area contributed by atoms with Crippen molar-refractivity contribution in [1.29, 1.82) is 0 Å². The number of rotatable bonds is 6. The van der Waals surface area contributed by atoms with Gasteiger partial charge in [-0.1, -0.05) is 50.7 Å². The second-order valence-corrected chi connectivity index (χ2v) is 8.89. The molecule has 0 saturated carbocycles. The number of thiophene rings is 1. The van der Waals surface area contributed by atoms with Crippen LogP contribution in [0.5, 0.6) is 0 Å². The first kappa shape index (κ1) is 19.6. The number of carbonyl (C=O) groups is 1. The van der Waals surface area contributed by atoms with Crippen molar-refractivity contribution >= 4 is 29.0 Å². The van der Waals surface area contributed by atoms with Gasteiger partial charge in [-0.2, -0.15) is 0 Å². The maximum Gasteiger partial charge on any atom is 0.277 e. The van der Waals surface area contributed by atoms with E-state index in [1.54, 1.807) is 12.1 Å². The van der Waals surface area contributed by atoms with Gasteiger partial charge in [0, 0.05) is 10.3 Å². The normalized spacial score (nSPS) is 12.7. The molecule has 0 radical (unpaired) electrons. The van der Waals surface area contributed by atoms with E-state index in [4.69, 9.17) is 4.42 Å². The summed E-state index contributed by atoms with van der Waals surface area (Å²) in [5.41, 5.74) is 0.589. The smallest absolute Gasteiger partial charge is 0.277 e. The Morgan fingerprint density at radius 2 is 2.00 bits per heavy atom. The largest absolute Gasteiger partial charge is 0.415 e. The van der Waals surface area contributed by atoms with Gasteiger partial charge in [-0.15, -0.1) is 21.5 Å². The Labute approximate surface area is 165 Å². The Balaban J connectivity index is 1.66. The van der Waals surface area contributed by atoms with Crippen LogP contribution in [0.15, 0.2) is 51.4 Å². The fourth-order valence-corrected chi connectivity index (χ4v) is 3.71. The molecule has 0 fully saturated rings. The summed E-state index contributed by atoms with van der Waals surface area (Å²) in [6, 6.07) is 9.68. The molecule has 8 heteroatoms. The molecule has 0 saturated heterocycles. The second kappa shape index (κ2) is 8.22. The number of hydrogen-bond donors (Lipinski definition) is 1. The summed E-state index contributed by atoms with van der Waals surface area (Å²) in [6.45, 7) is 5.95. The van der Waals surface area contributed by atoms with Crippen LogP contribution in [-0.4, -0.2) is 21.9 Å². The van der Waals surface area contributed by atoms with Gasteiger partial charge in [0.2, 0.25) is 11.8 Å². The van der Waals surface area contributed by atoms with Crippen molar-refractivity contribution in [3.05, 3.63) is 63.9 Å². The van der Waals surface area contributed by atoms with Crippen LogP contribution in [0, 0.1) is 5.82 Å². The van der Waals surface area contributed by atoms with E-state index in [2.05, 4.69) is 15.5 Å². The van der Waals surface area contributed by atoms with Crippen LogP contribution < -0.4 is 5.32 Å². The molecule has 0 spiro atoms. The van der Waals surface area contributed by atoms with Crippen LogP contribution in [0.2, 0.25) is 0 Å². The van der Waals surface area contributed by atoms with Crippen molar-refractivity contribution in [1.82, 2.24) is 15.5 Å². The zero-order valence-corrected chi connectivity index (χ0v) is 16.9. The van der Waals surface area contributed by atoms with Gasteiger partial charge in [0.05, 0.1) is 11.8 Å². The molecule has 0 bridgehead atoms. The number of thioether (sulfide) groups is 1. The van der Waals surface area contributed by atoms with Gasteiger partial charge in [0.15, 0.2) is 0 Å². The molecule has 1 atom stereocenters. The summed E-state index contributed by atoms with van der Waals surface area (Å²) in [5.74, 6) is 0.206. The molecule has 1 amide bonds. The molecule has 2 heterocycles. The average Bonchev–Trinajstić information content (AvgIpc) is 3.30. The number of hydrogen-bond acceptors (Lipinski definition) is 6. The fourth-order valence-electron chi connectivity index (χ4n) is 2.33. The van der Waals surface area contributed by atoms with Gasteiger partial charge in [-0.25, -0.2) is 4.39 Å². The number of nitrogens with zero attached hydrogens (tertiary/aromatic N) is 2. The molecule has 1 unspecified atom stereocenters. The molecule has 3 aromatic rings. The minimum absolute atomic E-state index is 0.148. The van der Waals surface area contributed by atoms with Gasteiger partial charge >= 0.3 is 0 Å². The number of aromatic nitrogens is 2. The molecule has 1 N–H and O–H groups in total. The van der Waals surface area contributed by atoms with Gasteiger partial charge in [-0.05, 0) is 29.1 Å². The molecule has 142 valence electrons. The fraction of sp³-hybridized carbons (Fsp3) is 0.316. The van der Waals surface area contributed by atoms with Crippen LogP contribution in [0.1, 0.15) is 43.1 Å². The van der Waals surface area contributed by atoms with E-state index < -0.39 is 0 Å².